The van der Waals surface area contributed by atoms with Crippen molar-refractivity contribution in [1.82, 2.24) is 15.0 Å². The Labute approximate surface area is 78.3 Å². The number of hydrogen-bond acceptors (Lipinski definition) is 5. The smallest absolute Gasteiger partial charge is 0.374 e. The summed E-state index contributed by atoms with van der Waals surface area (Å²) in [6, 6.07) is 0. The fourth-order valence-electron chi connectivity index (χ4n) is 1.00. The number of carboxylic acid groups (broad SMARTS) is 1. The third kappa shape index (κ3) is 1.33. The van der Waals surface area contributed by atoms with Gasteiger partial charge in [0.2, 0.25) is 5.76 Å². The molecule has 1 N–H and O–H groups in total. The van der Waals surface area contributed by atoms with E-state index in [1.807, 2.05) is 0 Å². The number of aromatic carboxylic acids is 1. The molecule has 2 rings (SSSR count). The Balaban J connectivity index is 2.52. The van der Waals surface area contributed by atoms with Gasteiger partial charge in [-0.3, -0.25) is 9.97 Å². The van der Waals surface area contributed by atoms with Gasteiger partial charge in [0.25, 0.3) is 0 Å². The highest BCUT2D eigenvalue weighted by Gasteiger charge is 2.17. The molecule has 14 heavy (non-hydrogen) atoms. The number of oxazole rings is 1. The third-order valence-electron chi connectivity index (χ3n) is 1.57. The van der Waals surface area contributed by atoms with E-state index in [0.29, 0.717) is 5.69 Å². The maximum atomic E-state index is 10.7. The van der Waals surface area contributed by atoms with Crippen LogP contribution in [0.3, 0.4) is 0 Å². The highest BCUT2D eigenvalue weighted by atomic mass is 16.4. The Kier molecular flexibility index (Phi) is 1.94. The molecule has 0 fully saturated rings. The Bertz CT molecular complexity index is 452. The molecule has 0 aliphatic rings. The van der Waals surface area contributed by atoms with Gasteiger partial charge >= 0.3 is 5.97 Å². The van der Waals surface area contributed by atoms with Crippen molar-refractivity contribution >= 4 is 5.97 Å². The van der Waals surface area contributed by atoms with E-state index >= 15 is 0 Å². The van der Waals surface area contributed by atoms with Crippen molar-refractivity contribution in [2.75, 3.05) is 0 Å². The molecule has 6 heteroatoms. The molecule has 0 spiro atoms. The van der Waals surface area contributed by atoms with Crippen molar-refractivity contribution in [1.29, 1.82) is 0 Å². The molecule has 0 atom stereocenters. The van der Waals surface area contributed by atoms with E-state index in [1.165, 1.54) is 18.6 Å². The third-order valence-corrected chi connectivity index (χ3v) is 1.57. The maximum Gasteiger partial charge on any atom is 0.374 e. The summed E-state index contributed by atoms with van der Waals surface area (Å²) in [4.78, 5) is 22.2. The first kappa shape index (κ1) is 8.36. The van der Waals surface area contributed by atoms with Crippen molar-refractivity contribution in [3.05, 3.63) is 30.7 Å². The van der Waals surface area contributed by atoms with Crippen LogP contribution in [0.25, 0.3) is 11.4 Å². The van der Waals surface area contributed by atoms with Crippen molar-refractivity contribution in [2.24, 2.45) is 0 Å². The molecule has 2 aromatic rings. The van der Waals surface area contributed by atoms with Crippen LogP contribution in [0.15, 0.2) is 29.4 Å². The predicted molar refractivity (Wildman–Crippen MR) is 44.5 cm³/mol. The lowest BCUT2D eigenvalue weighted by Crippen LogP contribution is -1.97. The van der Waals surface area contributed by atoms with Gasteiger partial charge in [-0.05, 0) is 0 Å². The van der Waals surface area contributed by atoms with Crippen molar-refractivity contribution < 1.29 is 14.3 Å². The summed E-state index contributed by atoms with van der Waals surface area (Å²) in [6.07, 6.45) is 5.43. The van der Waals surface area contributed by atoms with Crippen LogP contribution in [-0.2, 0) is 0 Å². The van der Waals surface area contributed by atoms with E-state index in [-0.39, 0.29) is 11.5 Å². The van der Waals surface area contributed by atoms with Gasteiger partial charge in [-0.25, -0.2) is 9.78 Å². The van der Waals surface area contributed by atoms with Gasteiger partial charge in [0, 0.05) is 12.4 Å². The second-order valence-corrected chi connectivity index (χ2v) is 2.43. The van der Waals surface area contributed by atoms with Crippen molar-refractivity contribution in [3.63, 3.8) is 0 Å². The number of rotatable bonds is 2. The van der Waals surface area contributed by atoms with Gasteiger partial charge < -0.3 is 9.52 Å². The second-order valence-electron chi connectivity index (χ2n) is 2.43. The topological polar surface area (TPSA) is 89.1 Å². The normalized spacial score (nSPS) is 10.0. The van der Waals surface area contributed by atoms with E-state index in [1.54, 1.807) is 0 Å². The molecule has 0 aromatic carbocycles. The lowest BCUT2D eigenvalue weighted by Gasteiger charge is -1.94. The molecule has 0 saturated heterocycles. The zero-order valence-corrected chi connectivity index (χ0v) is 6.91. The van der Waals surface area contributed by atoms with Crippen LogP contribution in [0.2, 0.25) is 0 Å². The number of carboxylic acids is 1. The molecule has 0 unspecified atom stereocenters. The summed E-state index contributed by atoms with van der Waals surface area (Å²) < 4.78 is 4.70. The highest BCUT2D eigenvalue weighted by molar-refractivity contribution is 5.90. The Hall–Kier alpha value is -2.24. The van der Waals surface area contributed by atoms with E-state index in [4.69, 9.17) is 9.52 Å². The highest BCUT2D eigenvalue weighted by Crippen LogP contribution is 2.18. The van der Waals surface area contributed by atoms with Crippen molar-refractivity contribution in [3.8, 4) is 11.4 Å². The molecular formula is C8H5N3O3. The summed E-state index contributed by atoms with van der Waals surface area (Å²) >= 11 is 0. The first-order chi connectivity index (χ1) is 6.79. The molecule has 0 radical (unpaired) electrons. The standard InChI is InChI=1S/C8H5N3O3/c12-8(13)7-6(11-4-14-7)5-3-9-1-2-10-5/h1-4H,(H,12,13). The Morgan fingerprint density at radius 1 is 1.36 bits per heavy atom. The first-order valence-corrected chi connectivity index (χ1v) is 3.72. The van der Waals surface area contributed by atoms with E-state index in [9.17, 15) is 4.79 Å². The van der Waals surface area contributed by atoms with Gasteiger partial charge in [0.15, 0.2) is 6.39 Å². The summed E-state index contributed by atoms with van der Waals surface area (Å²) in [7, 11) is 0. The summed E-state index contributed by atoms with van der Waals surface area (Å²) in [6.45, 7) is 0. The first-order valence-electron chi connectivity index (χ1n) is 3.72. The number of hydrogen-bond donors (Lipinski definition) is 1. The zero-order valence-electron chi connectivity index (χ0n) is 6.91. The molecule has 0 aliphatic heterocycles. The van der Waals surface area contributed by atoms with Crippen molar-refractivity contribution in [2.45, 2.75) is 0 Å². The summed E-state index contributed by atoms with van der Waals surface area (Å²) in [5.41, 5.74) is 0.559. The van der Waals surface area contributed by atoms with Gasteiger partial charge in [0.05, 0.1) is 6.20 Å². The van der Waals surface area contributed by atoms with E-state index in [2.05, 4.69) is 15.0 Å². The predicted octanol–water partition coefficient (Wildman–Crippen LogP) is 0.830. The maximum absolute atomic E-state index is 10.7. The molecule has 0 aliphatic carbocycles. The molecule has 0 bridgehead atoms. The van der Waals surface area contributed by atoms with E-state index < -0.39 is 5.97 Å². The lowest BCUT2D eigenvalue weighted by atomic mass is 10.3. The van der Waals surface area contributed by atoms with Crippen LogP contribution < -0.4 is 0 Å². The Morgan fingerprint density at radius 3 is 2.86 bits per heavy atom. The fourth-order valence-corrected chi connectivity index (χ4v) is 1.00. The molecule has 70 valence electrons. The molecule has 0 amide bonds. The van der Waals surface area contributed by atoms with E-state index in [0.717, 1.165) is 6.39 Å². The minimum absolute atomic E-state index is 0.186. The van der Waals surface area contributed by atoms with Gasteiger partial charge in [-0.15, -0.1) is 0 Å². The van der Waals surface area contributed by atoms with Gasteiger partial charge in [0.1, 0.15) is 11.4 Å². The van der Waals surface area contributed by atoms with Crippen LogP contribution in [0.1, 0.15) is 10.6 Å². The van der Waals surface area contributed by atoms with Gasteiger partial charge in [-0.1, -0.05) is 0 Å². The number of carbonyl (C=O) groups is 1. The zero-order chi connectivity index (χ0) is 9.97. The van der Waals surface area contributed by atoms with Crippen LogP contribution in [0.5, 0.6) is 0 Å². The molecule has 2 heterocycles. The Morgan fingerprint density at radius 2 is 2.21 bits per heavy atom. The molecule has 6 nitrogen and oxygen atoms in total. The minimum Gasteiger partial charge on any atom is -0.475 e. The average Bonchev–Trinajstić information content (AvgIpc) is 2.67. The largest absolute Gasteiger partial charge is 0.475 e. The quantitative estimate of drug-likeness (QED) is 0.756. The van der Waals surface area contributed by atoms with Crippen LogP contribution >= 0.6 is 0 Å². The lowest BCUT2D eigenvalue weighted by molar-refractivity contribution is 0.0663. The van der Waals surface area contributed by atoms with Crippen LogP contribution in [0, 0.1) is 0 Å². The molecule has 0 saturated carbocycles. The van der Waals surface area contributed by atoms with Gasteiger partial charge in [-0.2, -0.15) is 0 Å². The fraction of sp³-hybridized carbons (Fsp3) is 0. The van der Waals surface area contributed by atoms with Crippen LogP contribution in [0.4, 0.5) is 0 Å². The number of nitrogens with zero attached hydrogens (tertiary/aromatic N) is 3. The number of aromatic nitrogens is 3. The average molecular weight is 191 g/mol. The summed E-state index contributed by atoms with van der Waals surface area (Å²) in [5, 5.41) is 8.73. The molecular weight excluding hydrogens is 186 g/mol. The second kappa shape index (κ2) is 3.25. The SMILES string of the molecule is O=C(O)c1ocnc1-c1cnccn1. The monoisotopic (exact) mass is 191 g/mol. The minimum atomic E-state index is -1.18. The molecule has 2 aromatic heterocycles. The summed E-state index contributed by atoms with van der Waals surface area (Å²) in [5.74, 6) is -1.41. The van der Waals surface area contributed by atoms with Crippen LogP contribution in [-0.4, -0.2) is 26.0 Å².